The third kappa shape index (κ3) is 4.72. The van der Waals surface area contributed by atoms with Crippen molar-refractivity contribution in [3.8, 4) is 45.0 Å². The van der Waals surface area contributed by atoms with Gasteiger partial charge >= 0.3 is 0 Å². The molecule has 0 aliphatic rings. The fraction of sp³-hybridized carbons (Fsp3) is 0. The van der Waals surface area contributed by atoms with Gasteiger partial charge in [0.05, 0.1) is 40.0 Å². The van der Waals surface area contributed by atoms with Gasteiger partial charge < -0.3 is 9.13 Å². The van der Waals surface area contributed by atoms with Gasteiger partial charge in [0.15, 0.2) is 5.69 Å². The lowest BCUT2D eigenvalue weighted by atomic mass is 10.00. The Morgan fingerprint density at radius 2 is 1.02 bits per heavy atom. The molecular weight excluding hydrogens is 633 g/mol. The molecule has 52 heavy (non-hydrogen) atoms. The zero-order chi connectivity index (χ0) is 34.6. The summed E-state index contributed by atoms with van der Waals surface area (Å²) in [6.07, 6.45) is 0. The summed E-state index contributed by atoms with van der Waals surface area (Å²) in [6, 6.07) is 63.8. The number of rotatable bonds is 5. The molecule has 0 unspecified atom stereocenters. The summed E-state index contributed by atoms with van der Waals surface area (Å²) >= 11 is 0. The molecule has 0 bridgehead atoms. The molecule has 0 atom stereocenters. The first-order valence-electron chi connectivity index (χ1n) is 17.4. The average Bonchev–Trinajstić information content (AvgIpc) is 3.74. The van der Waals surface area contributed by atoms with Gasteiger partial charge in [-0.25, -0.2) is 9.83 Å². The van der Waals surface area contributed by atoms with Gasteiger partial charge in [-0.05, 0) is 65.7 Å². The largest absolute Gasteiger partial charge is 0.310 e. The van der Waals surface area contributed by atoms with Gasteiger partial charge in [0.25, 0.3) is 0 Å². The number of aromatic nitrogens is 3. The lowest BCUT2D eigenvalue weighted by molar-refractivity contribution is 1.17. The van der Waals surface area contributed by atoms with Crippen LogP contribution in [-0.4, -0.2) is 14.1 Å². The van der Waals surface area contributed by atoms with Crippen LogP contribution < -0.4 is 0 Å². The minimum Gasteiger partial charge on any atom is -0.310 e. The first-order valence-corrected chi connectivity index (χ1v) is 17.4. The van der Waals surface area contributed by atoms with Crippen LogP contribution in [0.5, 0.6) is 0 Å². The second-order valence-corrected chi connectivity index (χ2v) is 13.1. The van der Waals surface area contributed by atoms with Crippen molar-refractivity contribution < 1.29 is 0 Å². The standard InChI is InChI=1S/C48H30N4/c1-49-36-17-12-18-38(31-36)51-45-22-11-9-20-41(45)47-46(51)28-27-40-39-19-8-10-21-44(39)52(48(40)47)37-25-23-32(24-26-37)35-29-42(33-13-4-2-5-14-33)50-43(30-35)34-15-6-3-7-16-34/h2-31H. The second kappa shape index (κ2) is 12.0. The molecule has 3 heterocycles. The Bertz CT molecular complexity index is 2940. The van der Waals surface area contributed by atoms with E-state index in [0.717, 1.165) is 61.6 Å². The minimum atomic E-state index is 0.625. The molecule has 0 fully saturated rings. The smallest absolute Gasteiger partial charge is 0.189 e. The highest BCUT2D eigenvalue weighted by molar-refractivity contribution is 6.26. The van der Waals surface area contributed by atoms with Crippen LogP contribution in [0.3, 0.4) is 0 Å². The number of benzene rings is 7. The fourth-order valence-electron chi connectivity index (χ4n) is 7.77. The van der Waals surface area contributed by atoms with E-state index in [1.165, 1.54) is 27.1 Å². The number of para-hydroxylation sites is 2. The van der Waals surface area contributed by atoms with E-state index >= 15 is 0 Å². The van der Waals surface area contributed by atoms with Crippen LogP contribution in [0.1, 0.15) is 0 Å². The molecule has 0 amide bonds. The highest BCUT2D eigenvalue weighted by Crippen LogP contribution is 2.42. The highest BCUT2D eigenvalue weighted by Gasteiger charge is 2.21. The van der Waals surface area contributed by atoms with E-state index in [9.17, 15) is 0 Å². The van der Waals surface area contributed by atoms with Crippen molar-refractivity contribution in [3.63, 3.8) is 0 Å². The molecule has 3 aromatic heterocycles. The van der Waals surface area contributed by atoms with Crippen LogP contribution >= 0.6 is 0 Å². The molecule has 10 aromatic rings. The predicted octanol–water partition coefficient (Wildman–Crippen LogP) is 12.8. The highest BCUT2D eigenvalue weighted by atomic mass is 15.0. The SMILES string of the molecule is [C-]#[N+]c1cccc(-n2c3ccccc3c3c2ccc2c4ccccc4n(-c4ccc(-c5cc(-c6ccccc6)nc(-c6ccccc6)c5)cc4)c23)c1. The van der Waals surface area contributed by atoms with Crippen LogP contribution in [0.15, 0.2) is 182 Å². The van der Waals surface area contributed by atoms with Gasteiger partial charge in [-0.3, -0.25) is 0 Å². The van der Waals surface area contributed by atoms with Crippen molar-refractivity contribution in [1.29, 1.82) is 0 Å². The average molecular weight is 663 g/mol. The Morgan fingerprint density at radius 3 is 1.69 bits per heavy atom. The molecule has 10 rings (SSSR count). The van der Waals surface area contributed by atoms with Gasteiger partial charge in [0.2, 0.25) is 0 Å². The third-order valence-corrected chi connectivity index (χ3v) is 10.1. The van der Waals surface area contributed by atoms with Crippen LogP contribution in [0.4, 0.5) is 5.69 Å². The first kappa shape index (κ1) is 29.7. The molecule has 4 heteroatoms. The Hall–Kier alpha value is -7.22. The summed E-state index contributed by atoms with van der Waals surface area (Å²) in [6.45, 7) is 7.66. The lowest BCUT2D eigenvalue weighted by Crippen LogP contribution is -1.96. The normalized spacial score (nSPS) is 11.4. The Labute approximate surface area is 300 Å². The number of hydrogen-bond acceptors (Lipinski definition) is 1. The fourth-order valence-corrected chi connectivity index (χ4v) is 7.77. The van der Waals surface area contributed by atoms with Gasteiger partial charge in [-0.1, -0.05) is 127 Å². The minimum absolute atomic E-state index is 0.625. The van der Waals surface area contributed by atoms with E-state index in [4.69, 9.17) is 11.6 Å². The third-order valence-electron chi connectivity index (χ3n) is 10.1. The first-order chi connectivity index (χ1) is 25.7. The van der Waals surface area contributed by atoms with Crippen molar-refractivity contribution in [2.75, 3.05) is 0 Å². The topological polar surface area (TPSA) is 27.1 Å². The Kier molecular flexibility index (Phi) is 6.84. The van der Waals surface area contributed by atoms with Gasteiger partial charge in [-0.2, -0.15) is 0 Å². The molecule has 0 spiro atoms. The zero-order valence-corrected chi connectivity index (χ0v) is 28.1. The zero-order valence-electron chi connectivity index (χ0n) is 28.1. The van der Waals surface area contributed by atoms with E-state index < -0.39 is 0 Å². The molecule has 7 aromatic carbocycles. The molecular formula is C48H30N4. The summed E-state index contributed by atoms with van der Waals surface area (Å²) in [5.41, 5.74) is 13.6. The molecule has 0 saturated heterocycles. The number of hydrogen-bond donors (Lipinski definition) is 0. The summed E-state index contributed by atoms with van der Waals surface area (Å²) in [5, 5.41) is 4.79. The van der Waals surface area contributed by atoms with Gasteiger partial charge in [0.1, 0.15) is 0 Å². The van der Waals surface area contributed by atoms with Crippen LogP contribution in [0.25, 0.3) is 93.5 Å². The van der Waals surface area contributed by atoms with Crippen molar-refractivity contribution in [1.82, 2.24) is 14.1 Å². The monoisotopic (exact) mass is 662 g/mol. The predicted molar refractivity (Wildman–Crippen MR) is 215 cm³/mol. The lowest BCUT2D eigenvalue weighted by Gasteiger charge is -2.13. The van der Waals surface area contributed by atoms with Crippen molar-refractivity contribution >= 4 is 49.3 Å². The number of pyridine rings is 1. The van der Waals surface area contributed by atoms with E-state index in [-0.39, 0.29) is 0 Å². The van der Waals surface area contributed by atoms with E-state index in [2.05, 4.69) is 166 Å². The van der Waals surface area contributed by atoms with E-state index in [1.54, 1.807) is 0 Å². The van der Waals surface area contributed by atoms with Crippen LogP contribution in [0.2, 0.25) is 0 Å². The maximum absolute atomic E-state index is 7.66. The van der Waals surface area contributed by atoms with Crippen molar-refractivity contribution in [2.24, 2.45) is 0 Å². The van der Waals surface area contributed by atoms with E-state index in [1.807, 2.05) is 30.3 Å². The summed E-state index contributed by atoms with van der Waals surface area (Å²) in [5.74, 6) is 0. The summed E-state index contributed by atoms with van der Waals surface area (Å²) < 4.78 is 4.71. The molecule has 0 saturated carbocycles. The van der Waals surface area contributed by atoms with Gasteiger partial charge in [0, 0.05) is 44.0 Å². The van der Waals surface area contributed by atoms with Crippen LogP contribution in [-0.2, 0) is 0 Å². The Balaban J connectivity index is 1.20. The van der Waals surface area contributed by atoms with Crippen LogP contribution in [0, 0.1) is 6.57 Å². The summed E-state index contributed by atoms with van der Waals surface area (Å²) in [7, 11) is 0. The van der Waals surface area contributed by atoms with Gasteiger partial charge in [-0.15, -0.1) is 0 Å². The summed E-state index contributed by atoms with van der Waals surface area (Å²) in [4.78, 5) is 8.82. The molecule has 0 aliphatic carbocycles. The van der Waals surface area contributed by atoms with Crippen molar-refractivity contribution in [3.05, 3.63) is 193 Å². The molecule has 0 N–H and O–H groups in total. The number of fused-ring (bicyclic) bond motifs is 7. The Morgan fingerprint density at radius 1 is 0.404 bits per heavy atom. The molecule has 0 aliphatic heterocycles. The van der Waals surface area contributed by atoms with E-state index in [0.29, 0.717) is 5.69 Å². The maximum atomic E-state index is 7.66. The second-order valence-electron chi connectivity index (χ2n) is 13.1. The maximum Gasteiger partial charge on any atom is 0.189 e. The van der Waals surface area contributed by atoms with Crippen molar-refractivity contribution in [2.45, 2.75) is 0 Å². The number of nitrogens with zero attached hydrogens (tertiary/aromatic N) is 4. The molecule has 242 valence electrons. The quantitative estimate of drug-likeness (QED) is 0.169. The molecule has 0 radical (unpaired) electrons. The molecule has 4 nitrogen and oxygen atoms in total.